The van der Waals surface area contributed by atoms with Crippen molar-refractivity contribution < 1.29 is 9.18 Å². The Kier molecular flexibility index (Phi) is 4.81. The highest BCUT2D eigenvalue weighted by molar-refractivity contribution is 5.81. The summed E-state index contributed by atoms with van der Waals surface area (Å²) in [6, 6.07) is 11.8. The van der Waals surface area contributed by atoms with Gasteiger partial charge in [0.25, 0.3) is 5.56 Å². The minimum absolute atomic E-state index is 0.0216. The number of aromatic nitrogens is 2. The Hall–Kier alpha value is -3.22. The second kappa shape index (κ2) is 7.42. The largest absolute Gasteiger partial charge is 0.368 e. The molecule has 4 rings (SSSR count). The molecule has 1 aliphatic rings. The predicted molar refractivity (Wildman–Crippen MR) is 106 cm³/mol. The van der Waals surface area contributed by atoms with Crippen molar-refractivity contribution in [2.24, 2.45) is 0 Å². The van der Waals surface area contributed by atoms with E-state index in [1.165, 1.54) is 23.0 Å². The molecule has 28 heavy (non-hydrogen) atoms. The number of piperazine rings is 1. The number of benzene rings is 2. The van der Waals surface area contributed by atoms with Crippen molar-refractivity contribution in [3.63, 3.8) is 0 Å². The molecule has 1 aliphatic heterocycles. The van der Waals surface area contributed by atoms with Gasteiger partial charge in [0.05, 0.1) is 17.2 Å². The Morgan fingerprint density at radius 1 is 1.07 bits per heavy atom. The van der Waals surface area contributed by atoms with E-state index in [9.17, 15) is 14.0 Å². The van der Waals surface area contributed by atoms with E-state index in [0.29, 0.717) is 37.1 Å². The van der Waals surface area contributed by atoms with E-state index in [1.807, 2.05) is 19.1 Å². The lowest BCUT2D eigenvalue weighted by molar-refractivity contribution is -0.132. The van der Waals surface area contributed by atoms with E-state index in [2.05, 4.69) is 9.88 Å². The SMILES string of the molecule is Cc1cccc2c(=O)n(CC(=O)N3CCN(c4ccc(F)cc4)CC3)cnc12. The first-order valence-corrected chi connectivity index (χ1v) is 9.26. The van der Waals surface area contributed by atoms with Crippen LogP contribution in [0, 0.1) is 12.7 Å². The molecule has 0 bridgehead atoms. The molecule has 2 aromatic carbocycles. The summed E-state index contributed by atoms with van der Waals surface area (Å²) in [7, 11) is 0. The quantitative estimate of drug-likeness (QED) is 0.699. The van der Waals surface area contributed by atoms with Crippen molar-refractivity contribution in [3.8, 4) is 0 Å². The number of carbonyl (C=O) groups excluding carboxylic acids is 1. The molecule has 2 heterocycles. The summed E-state index contributed by atoms with van der Waals surface area (Å²) in [5.74, 6) is -0.364. The third-order valence-corrected chi connectivity index (χ3v) is 5.19. The maximum Gasteiger partial charge on any atom is 0.261 e. The summed E-state index contributed by atoms with van der Waals surface area (Å²) >= 11 is 0. The topological polar surface area (TPSA) is 58.4 Å². The van der Waals surface area contributed by atoms with Crippen LogP contribution in [0.3, 0.4) is 0 Å². The molecule has 0 saturated carbocycles. The van der Waals surface area contributed by atoms with Crippen LogP contribution in [0.15, 0.2) is 53.6 Å². The molecule has 0 atom stereocenters. The summed E-state index contributed by atoms with van der Waals surface area (Å²) in [6.45, 7) is 4.34. The molecular formula is C21H21FN4O2. The number of aryl methyl sites for hydroxylation is 1. The third kappa shape index (κ3) is 3.47. The molecule has 0 N–H and O–H groups in total. The zero-order valence-corrected chi connectivity index (χ0v) is 15.6. The lowest BCUT2D eigenvalue weighted by Gasteiger charge is -2.36. The van der Waals surface area contributed by atoms with Gasteiger partial charge in [-0.2, -0.15) is 0 Å². The third-order valence-electron chi connectivity index (χ3n) is 5.19. The first-order valence-electron chi connectivity index (χ1n) is 9.26. The molecule has 1 fully saturated rings. The highest BCUT2D eigenvalue weighted by Crippen LogP contribution is 2.17. The van der Waals surface area contributed by atoms with Crippen molar-refractivity contribution in [3.05, 3.63) is 70.5 Å². The Morgan fingerprint density at radius 2 is 1.79 bits per heavy atom. The summed E-state index contributed by atoms with van der Waals surface area (Å²) in [6.07, 6.45) is 1.45. The molecule has 0 aliphatic carbocycles. The van der Waals surface area contributed by atoms with Gasteiger partial charge in [0, 0.05) is 31.9 Å². The van der Waals surface area contributed by atoms with Gasteiger partial charge in [0.2, 0.25) is 5.91 Å². The van der Waals surface area contributed by atoms with E-state index in [0.717, 1.165) is 11.3 Å². The van der Waals surface area contributed by atoms with Crippen molar-refractivity contribution in [2.75, 3.05) is 31.1 Å². The average Bonchev–Trinajstić information content (AvgIpc) is 2.71. The van der Waals surface area contributed by atoms with Crippen molar-refractivity contribution in [1.29, 1.82) is 0 Å². The lowest BCUT2D eigenvalue weighted by Crippen LogP contribution is -2.50. The first-order chi connectivity index (χ1) is 13.5. The van der Waals surface area contributed by atoms with Gasteiger partial charge in [-0.25, -0.2) is 9.37 Å². The smallest absolute Gasteiger partial charge is 0.261 e. The van der Waals surface area contributed by atoms with Crippen molar-refractivity contribution in [2.45, 2.75) is 13.5 Å². The predicted octanol–water partition coefficient (Wildman–Crippen LogP) is 2.19. The number of carbonyl (C=O) groups is 1. The fraction of sp³-hybridized carbons (Fsp3) is 0.286. The first kappa shape index (κ1) is 18.2. The second-order valence-corrected chi connectivity index (χ2v) is 6.99. The van der Waals surface area contributed by atoms with Crippen LogP contribution in [0.2, 0.25) is 0 Å². The van der Waals surface area contributed by atoms with Crippen LogP contribution in [0.1, 0.15) is 5.56 Å². The van der Waals surface area contributed by atoms with Crippen molar-refractivity contribution >= 4 is 22.5 Å². The molecule has 144 valence electrons. The van der Waals surface area contributed by atoms with Crippen molar-refractivity contribution in [1.82, 2.24) is 14.5 Å². The summed E-state index contributed by atoms with van der Waals surface area (Å²) in [5, 5.41) is 0.524. The van der Waals surface area contributed by atoms with Gasteiger partial charge in [-0.1, -0.05) is 12.1 Å². The van der Waals surface area contributed by atoms with Crippen LogP contribution in [-0.2, 0) is 11.3 Å². The van der Waals surface area contributed by atoms with Crippen LogP contribution < -0.4 is 10.5 Å². The number of halogens is 1. The van der Waals surface area contributed by atoms with E-state index in [1.54, 1.807) is 23.1 Å². The van der Waals surface area contributed by atoms with Crippen LogP contribution in [0.5, 0.6) is 0 Å². The minimum Gasteiger partial charge on any atom is -0.368 e. The molecule has 1 amide bonds. The highest BCUT2D eigenvalue weighted by atomic mass is 19.1. The van der Waals surface area contributed by atoms with Gasteiger partial charge >= 0.3 is 0 Å². The number of hydrogen-bond acceptors (Lipinski definition) is 4. The Bertz CT molecular complexity index is 1070. The molecule has 1 aromatic heterocycles. The van der Waals surface area contributed by atoms with E-state index < -0.39 is 0 Å². The normalized spacial score (nSPS) is 14.5. The number of rotatable bonds is 3. The number of amides is 1. The minimum atomic E-state index is -0.262. The number of nitrogens with zero attached hydrogens (tertiary/aromatic N) is 4. The summed E-state index contributed by atoms with van der Waals surface area (Å²) in [4.78, 5) is 33.6. The monoisotopic (exact) mass is 380 g/mol. The van der Waals surface area contributed by atoms with Crippen LogP contribution in [0.4, 0.5) is 10.1 Å². The molecule has 0 radical (unpaired) electrons. The fourth-order valence-corrected chi connectivity index (χ4v) is 3.56. The molecule has 0 spiro atoms. The lowest BCUT2D eigenvalue weighted by atomic mass is 10.1. The molecular weight excluding hydrogens is 359 g/mol. The Labute approximate surface area is 161 Å². The van der Waals surface area contributed by atoms with E-state index in [4.69, 9.17) is 0 Å². The fourth-order valence-electron chi connectivity index (χ4n) is 3.56. The van der Waals surface area contributed by atoms with Gasteiger partial charge in [0.1, 0.15) is 12.4 Å². The van der Waals surface area contributed by atoms with E-state index >= 15 is 0 Å². The van der Waals surface area contributed by atoms with Crippen LogP contribution >= 0.6 is 0 Å². The Balaban J connectivity index is 1.44. The molecule has 1 saturated heterocycles. The Morgan fingerprint density at radius 3 is 2.50 bits per heavy atom. The van der Waals surface area contributed by atoms with Gasteiger partial charge in [-0.05, 0) is 42.8 Å². The van der Waals surface area contributed by atoms with Gasteiger partial charge in [-0.3, -0.25) is 14.2 Å². The molecule has 6 nitrogen and oxygen atoms in total. The van der Waals surface area contributed by atoms with Gasteiger partial charge < -0.3 is 9.80 Å². The molecule has 3 aromatic rings. The maximum atomic E-state index is 13.1. The summed E-state index contributed by atoms with van der Waals surface area (Å²) < 4.78 is 14.4. The van der Waals surface area contributed by atoms with E-state index in [-0.39, 0.29) is 23.8 Å². The zero-order valence-electron chi connectivity index (χ0n) is 15.6. The molecule has 0 unspecified atom stereocenters. The van der Waals surface area contributed by atoms with Crippen LogP contribution in [-0.4, -0.2) is 46.5 Å². The summed E-state index contributed by atoms with van der Waals surface area (Å²) in [5.41, 5.74) is 2.35. The standard InChI is InChI=1S/C21H21FN4O2/c1-15-3-2-4-18-20(15)23-14-26(21(18)28)13-19(27)25-11-9-24(10-12-25)17-7-5-16(22)6-8-17/h2-8,14H,9-13H2,1H3. The molecule has 7 heteroatoms. The highest BCUT2D eigenvalue weighted by Gasteiger charge is 2.22. The number of para-hydroxylation sites is 1. The maximum absolute atomic E-state index is 13.1. The second-order valence-electron chi connectivity index (χ2n) is 6.99. The average molecular weight is 380 g/mol. The number of fused-ring (bicyclic) bond motifs is 1. The zero-order chi connectivity index (χ0) is 19.7. The number of anilines is 1. The number of hydrogen-bond donors (Lipinski definition) is 0. The van der Waals surface area contributed by atoms with Crippen LogP contribution in [0.25, 0.3) is 10.9 Å². The van der Waals surface area contributed by atoms with Gasteiger partial charge in [0.15, 0.2) is 0 Å². The van der Waals surface area contributed by atoms with Gasteiger partial charge in [-0.15, -0.1) is 0 Å².